The Balaban J connectivity index is 1.78. The molecule has 0 fully saturated rings. The third-order valence-corrected chi connectivity index (χ3v) is 4.87. The molecule has 28 heavy (non-hydrogen) atoms. The molecule has 0 bridgehead atoms. The molecular weight excluding hydrogens is 370 g/mol. The number of fused-ring (bicyclic) bond motifs is 1. The molecule has 0 radical (unpaired) electrons. The summed E-state index contributed by atoms with van der Waals surface area (Å²) in [5.41, 5.74) is -1.47. The molecular formula is C21H21F4N3. The van der Waals surface area contributed by atoms with Gasteiger partial charge in [0, 0.05) is 11.4 Å². The fraction of sp³-hybridized carbons (Fsp3) is 0.333. The van der Waals surface area contributed by atoms with Gasteiger partial charge in [-0.25, -0.2) is 14.4 Å². The van der Waals surface area contributed by atoms with Crippen molar-refractivity contribution < 1.29 is 17.6 Å². The first-order valence-corrected chi connectivity index (χ1v) is 8.91. The fourth-order valence-corrected chi connectivity index (χ4v) is 3.11. The lowest BCUT2D eigenvalue weighted by Gasteiger charge is -2.25. The predicted octanol–water partition coefficient (Wildman–Crippen LogP) is 5.73. The van der Waals surface area contributed by atoms with Gasteiger partial charge in [0.2, 0.25) is 5.67 Å². The second-order valence-electron chi connectivity index (χ2n) is 7.13. The molecule has 0 spiro atoms. The smallest absolute Gasteiger partial charge is 0.367 e. The third-order valence-electron chi connectivity index (χ3n) is 4.87. The average molecular weight is 391 g/mol. The van der Waals surface area contributed by atoms with Gasteiger partial charge in [0.1, 0.15) is 12.1 Å². The molecule has 0 amide bonds. The molecule has 0 aliphatic carbocycles. The van der Waals surface area contributed by atoms with Gasteiger partial charge >= 0.3 is 6.18 Å². The molecule has 0 saturated heterocycles. The quantitative estimate of drug-likeness (QED) is 0.565. The SMILES string of the molecule is Cc1cc(C(C)(F)C(F)(F)F)ccc1CC(C)Nc1ncnc2ccccc12. The molecule has 1 N–H and O–H groups in total. The minimum Gasteiger partial charge on any atom is -0.367 e. The van der Waals surface area contributed by atoms with Gasteiger partial charge in [-0.2, -0.15) is 13.2 Å². The summed E-state index contributed by atoms with van der Waals surface area (Å²) in [5.74, 6) is 0.695. The molecule has 7 heteroatoms. The van der Waals surface area contributed by atoms with Gasteiger partial charge in [0.25, 0.3) is 0 Å². The highest BCUT2D eigenvalue weighted by molar-refractivity contribution is 5.88. The zero-order valence-electron chi connectivity index (χ0n) is 15.8. The van der Waals surface area contributed by atoms with Crippen LogP contribution in [0.3, 0.4) is 0 Å². The number of anilines is 1. The summed E-state index contributed by atoms with van der Waals surface area (Å²) in [7, 11) is 0. The van der Waals surface area contributed by atoms with Gasteiger partial charge in [0.15, 0.2) is 0 Å². The number of hydrogen-bond acceptors (Lipinski definition) is 3. The van der Waals surface area contributed by atoms with E-state index in [-0.39, 0.29) is 11.6 Å². The number of nitrogens with one attached hydrogen (secondary N) is 1. The van der Waals surface area contributed by atoms with Crippen molar-refractivity contribution in [2.45, 2.75) is 45.1 Å². The zero-order chi connectivity index (χ0) is 20.5. The second kappa shape index (κ2) is 7.37. The van der Waals surface area contributed by atoms with Gasteiger partial charge in [0.05, 0.1) is 5.52 Å². The Hall–Kier alpha value is -2.70. The Morgan fingerprint density at radius 2 is 1.75 bits per heavy atom. The Bertz CT molecular complexity index is 978. The van der Waals surface area contributed by atoms with E-state index < -0.39 is 11.8 Å². The molecule has 148 valence electrons. The maximum atomic E-state index is 14.2. The van der Waals surface area contributed by atoms with E-state index in [1.54, 1.807) is 13.0 Å². The number of nitrogens with zero attached hydrogens (tertiary/aromatic N) is 2. The van der Waals surface area contributed by atoms with Crippen LogP contribution in [0.4, 0.5) is 23.4 Å². The monoisotopic (exact) mass is 391 g/mol. The summed E-state index contributed by atoms with van der Waals surface area (Å²) in [6.07, 6.45) is -2.92. The minimum absolute atomic E-state index is 0.0396. The number of rotatable bonds is 5. The Labute approximate surface area is 160 Å². The van der Waals surface area contributed by atoms with Crippen LogP contribution in [-0.4, -0.2) is 22.2 Å². The maximum Gasteiger partial charge on any atom is 0.426 e. The summed E-state index contributed by atoms with van der Waals surface area (Å²) in [4.78, 5) is 8.51. The summed E-state index contributed by atoms with van der Waals surface area (Å²) in [5, 5.41) is 4.22. The van der Waals surface area contributed by atoms with Gasteiger partial charge in [-0.15, -0.1) is 0 Å². The first-order valence-electron chi connectivity index (χ1n) is 8.91. The molecule has 2 aromatic carbocycles. The van der Waals surface area contributed by atoms with Crippen LogP contribution in [0.2, 0.25) is 0 Å². The standard InChI is InChI=1S/C21H21F4N3/c1-13-10-16(20(3,22)21(23,24)25)9-8-15(13)11-14(2)28-19-17-6-4-5-7-18(17)26-12-27-19/h4-10,12,14H,11H2,1-3H3,(H,26,27,28). The molecule has 3 rings (SSSR count). The average Bonchev–Trinajstić information content (AvgIpc) is 2.62. The Morgan fingerprint density at radius 1 is 1.04 bits per heavy atom. The van der Waals surface area contributed by atoms with Crippen LogP contribution in [-0.2, 0) is 12.1 Å². The second-order valence-corrected chi connectivity index (χ2v) is 7.13. The van der Waals surface area contributed by atoms with E-state index in [0.29, 0.717) is 24.7 Å². The number of alkyl halides is 4. The fourth-order valence-electron chi connectivity index (χ4n) is 3.11. The van der Waals surface area contributed by atoms with E-state index in [0.717, 1.165) is 16.5 Å². The Kier molecular flexibility index (Phi) is 5.28. The van der Waals surface area contributed by atoms with Crippen LogP contribution in [0.25, 0.3) is 10.9 Å². The number of benzene rings is 2. The molecule has 2 unspecified atom stereocenters. The van der Waals surface area contributed by atoms with Crippen LogP contribution in [0, 0.1) is 6.92 Å². The van der Waals surface area contributed by atoms with E-state index in [4.69, 9.17) is 0 Å². The third kappa shape index (κ3) is 3.93. The molecule has 1 heterocycles. The first-order chi connectivity index (χ1) is 13.1. The van der Waals surface area contributed by atoms with Crippen molar-refractivity contribution >= 4 is 16.7 Å². The summed E-state index contributed by atoms with van der Waals surface area (Å²) in [6, 6.07) is 11.6. The summed E-state index contributed by atoms with van der Waals surface area (Å²) in [6.45, 7) is 4.20. The van der Waals surface area contributed by atoms with Gasteiger partial charge in [-0.05, 0) is 56.0 Å². The van der Waals surface area contributed by atoms with Crippen LogP contribution in [0.5, 0.6) is 0 Å². The van der Waals surface area contributed by atoms with Crippen molar-refractivity contribution in [1.29, 1.82) is 0 Å². The van der Waals surface area contributed by atoms with Gasteiger partial charge in [-0.1, -0.05) is 30.3 Å². The van der Waals surface area contributed by atoms with Gasteiger partial charge in [-0.3, -0.25) is 0 Å². The van der Waals surface area contributed by atoms with Crippen molar-refractivity contribution in [2.75, 3.05) is 5.32 Å². The molecule has 3 nitrogen and oxygen atoms in total. The van der Waals surface area contributed by atoms with Crippen molar-refractivity contribution in [2.24, 2.45) is 0 Å². The highest BCUT2D eigenvalue weighted by Gasteiger charge is 2.53. The molecule has 0 aliphatic rings. The molecule has 2 atom stereocenters. The van der Waals surface area contributed by atoms with Crippen molar-refractivity contribution in [3.05, 3.63) is 65.5 Å². The highest BCUT2D eigenvalue weighted by Crippen LogP contribution is 2.42. The molecule has 0 aliphatic heterocycles. The minimum atomic E-state index is -4.95. The van der Waals surface area contributed by atoms with E-state index in [1.165, 1.54) is 18.5 Å². The highest BCUT2D eigenvalue weighted by atomic mass is 19.4. The van der Waals surface area contributed by atoms with Crippen molar-refractivity contribution in [3.63, 3.8) is 0 Å². The molecule has 0 saturated carbocycles. The number of halogens is 4. The van der Waals surface area contributed by atoms with Crippen LogP contribution >= 0.6 is 0 Å². The lowest BCUT2D eigenvalue weighted by atomic mass is 9.92. The number of para-hydroxylation sites is 1. The lowest BCUT2D eigenvalue weighted by Crippen LogP contribution is -2.35. The predicted molar refractivity (Wildman–Crippen MR) is 102 cm³/mol. The van der Waals surface area contributed by atoms with E-state index >= 15 is 0 Å². The molecule has 1 aromatic heterocycles. The normalized spacial score (nSPS) is 15.2. The largest absolute Gasteiger partial charge is 0.426 e. The maximum absolute atomic E-state index is 14.2. The Morgan fingerprint density at radius 3 is 2.43 bits per heavy atom. The van der Waals surface area contributed by atoms with Crippen LogP contribution in [0.1, 0.15) is 30.5 Å². The zero-order valence-corrected chi connectivity index (χ0v) is 15.8. The van der Waals surface area contributed by atoms with E-state index in [9.17, 15) is 17.6 Å². The summed E-state index contributed by atoms with van der Waals surface area (Å²) >= 11 is 0. The van der Waals surface area contributed by atoms with Gasteiger partial charge < -0.3 is 5.32 Å². The summed E-state index contributed by atoms with van der Waals surface area (Å²) < 4.78 is 53.0. The topological polar surface area (TPSA) is 37.8 Å². The number of aromatic nitrogens is 2. The number of aryl methyl sites for hydroxylation is 1. The van der Waals surface area contributed by atoms with Crippen LogP contribution in [0.15, 0.2) is 48.8 Å². The van der Waals surface area contributed by atoms with Crippen molar-refractivity contribution in [3.8, 4) is 0 Å². The first kappa shape index (κ1) is 20.0. The van der Waals surface area contributed by atoms with Crippen LogP contribution < -0.4 is 5.32 Å². The van der Waals surface area contributed by atoms with E-state index in [2.05, 4.69) is 15.3 Å². The lowest BCUT2D eigenvalue weighted by molar-refractivity contribution is -0.228. The van der Waals surface area contributed by atoms with Crippen molar-refractivity contribution in [1.82, 2.24) is 9.97 Å². The number of hydrogen-bond donors (Lipinski definition) is 1. The van der Waals surface area contributed by atoms with E-state index in [1.807, 2.05) is 31.2 Å². The molecule has 3 aromatic rings.